The first kappa shape index (κ1) is 15.1. The molecule has 1 aliphatic rings. The molecular weight excluding hydrogens is 276 g/mol. The Hall–Kier alpha value is -1.27. The van der Waals surface area contributed by atoms with E-state index in [1.807, 2.05) is 13.8 Å². The zero-order chi connectivity index (χ0) is 14.7. The third-order valence-electron chi connectivity index (χ3n) is 3.37. The highest BCUT2D eigenvalue weighted by Crippen LogP contribution is 2.43. The van der Waals surface area contributed by atoms with Crippen LogP contribution in [0.25, 0.3) is 0 Å². The van der Waals surface area contributed by atoms with Gasteiger partial charge in [-0.05, 0) is 12.8 Å². The molecule has 2 rings (SSSR count). The van der Waals surface area contributed by atoms with Gasteiger partial charge in [0.1, 0.15) is 5.00 Å². The number of ketones is 1. The van der Waals surface area contributed by atoms with Gasteiger partial charge < -0.3 is 20.5 Å². The van der Waals surface area contributed by atoms with Gasteiger partial charge in [-0.1, -0.05) is 13.8 Å². The summed E-state index contributed by atoms with van der Waals surface area (Å²) in [6.45, 7) is 5.28. The number of carbonyl (C=O) groups excluding carboxylic acids is 1. The fourth-order valence-corrected chi connectivity index (χ4v) is 3.39. The largest absolute Gasteiger partial charge is 0.492 e. The van der Waals surface area contributed by atoms with Crippen LogP contribution in [-0.4, -0.2) is 32.1 Å². The highest BCUT2D eigenvalue weighted by atomic mass is 32.1. The minimum atomic E-state index is -0.0772. The summed E-state index contributed by atoms with van der Waals surface area (Å²) in [5, 5.41) is 4.11. The average molecular weight is 298 g/mol. The smallest absolute Gasteiger partial charge is 0.177 e. The summed E-state index contributed by atoms with van der Waals surface area (Å²) in [7, 11) is 1.57. The van der Waals surface area contributed by atoms with Gasteiger partial charge in [-0.2, -0.15) is 0 Å². The molecule has 1 atom stereocenters. The molecule has 0 radical (unpaired) electrons. The van der Waals surface area contributed by atoms with Crippen molar-refractivity contribution in [2.75, 3.05) is 31.3 Å². The van der Waals surface area contributed by atoms with Gasteiger partial charge >= 0.3 is 0 Å². The zero-order valence-electron chi connectivity index (χ0n) is 12.2. The van der Waals surface area contributed by atoms with E-state index in [9.17, 15) is 4.79 Å². The lowest BCUT2D eigenvalue weighted by Crippen LogP contribution is -2.18. The van der Waals surface area contributed by atoms with E-state index in [1.165, 1.54) is 11.3 Å². The number of thiophene rings is 1. The van der Waals surface area contributed by atoms with Gasteiger partial charge in [0.15, 0.2) is 11.5 Å². The summed E-state index contributed by atoms with van der Waals surface area (Å²) in [6, 6.07) is 0. The van der Waals surface area contributed by atoms with Crippen molar-refractivity contribution in [2.24, 2.45) is 5.92 Å². The van der Waals surface area contributed by atoms with Crippen LogP contribution in [0.1, 0.15) is 36.4 Å². The lowest BCUT2D eigenvalue weighted by atomic mass is 10.1. The number of nitrogen functional groups attached to an aromatic ring is 1. The van der Waals surface area contributed by atoms with E-state index in [-0.39, 0.29) is 17.8 Å². The zero-order valence-corrected chi connectivity index (χ0v) is 13.0. The van der Waals surface area contributed by atoms with Crippen LogP contribution in [0.2, 0.25) is 0 Å². The maximum atomic E-state index is 12.1. The Morgan fingerprint density at radius 1 is 1.60 bits per heavy atom. The van der Waals surface area contributed by atoms with Crippen molar-refractivity contribution in [3.8, 4) is 5.75 Å². The van der Waals surface area contributed by atoms with Gasteiger partial charge in [0, 0.05) is 19.1 Å². The number of carbonyl (C=O) groups is 1. The number of nitrogens with two attached hydrogens (primary N) is 1. The Morgan fingerprint density at radius 3 is 2.90 bits per heavy atom. The van der Waals surface area contributed by atoms with E-state index in [0.29, 0.717) is 22.9 Å². The van der Waals surface area contributed by atoms with Crippen LogP contribution in [0.3, 0.4) is 0 Å². The molecular formula is C14H22N2O3S. The van der Waals surface area contributed by atoms with E-state index in [2.05, 4.69) is 5.32 Å². The van der Waals surface area contributed by atoms with Crippen LogP contribution < -0.4 is 15.8 Å². The lowest BCUT2D eigenvalue weighted by Gasteiger charge is -2.11. The summed E-state index contributed by atoms with van der Waals surface area (Å²) in [5.41, 5.74) is 6.47. The van der Waals surface area contributed by atoms with Crippen LogP contribution in [0.15, 0.2) is 0 Å². The fourth-order valence-electron chi connectivity index (χ4n) is 2.20. The van der Waals surface area contributed by atoms with Crippen LogP contribution >= 0.6 is 11.3 Å². The molecule has 0 aromatic carbocycles. The fraction of sp³-hybridized carbons (Fsp3) is 0.643. The number of Topliss-reactive ketones (excluding diaryl/α,β-unsaturated/α-hetero) is 1. The maximum absolute atomic E-state index is 12.1. The van der Waals surface area contributed by atoms with Crippen molar-refractivity contribution in [3.63, 3.8) is 0 Å². The van der Waals surface area contributed by atoms with Crippen LogP contribution in [-0.2, 0) is 4.74 Å². The second-order valence-electron chi connectivity index (χ2n) is 5.24. The molecule has 0 amide bonds. The van der Waals surface area contributed by atoms with Gasteiger partial charge in [-0.25, -0.2) is 0 Å². The molecule has 3 N–H and O–H groups in total. The number of anilines is 2. The molecule has 1 fully saturated rings. The molecule has 1 unspecified atom stereocenters. The molecule has 112 valence electrons. The Bertz CT molecular complexity index is 479. The van der Waals surface area contributed by atoms with Crippen molar-refractivity contribution in [3.05, 3.63) is 4.88 Å². The first-order valence-electron chi connectivity index (χ1n) is 6.90. The third-order valence-corrected chi connectivity index (χ3v) is 4.53. The third kappa shape index (κ3) is 3.07. The minimum Gasteiger partial charge on any atom is -0.492 e. The molecule has 1 saturated heterocycles. The molecule has 0 saturated carbocycles. The van der Waals surface area contributed by atoms with E-state index >= 15 is 0 Å². The van der Waals surface area contributed by atoms with Crippen LogP contribution in [0.5, 0.6) is 5.75 Å². The first-order chi connectivity index (χ1) is 9.54. The van der Waals surface area contributed by atoms with Gasteiger partial charge in [-0.15, -0.1) is 11.3 Å². The molecule has 5 nitrogen and oxygen atoms in total. The van der Waals surface area contributed by atoms with E-state index in [4.69, 9.17) is 15.2 Å². The Labute approximate surface area is 123 Å². The van der Waals surface area contributed by atoms with Crippen molar-refractivity contribution in [1.29, 1.82) is 0 Å². The molecule has 1 aromatic rings. The summed E-state index contributed by atoms with van der Waals surface area (Å²) in [4.78, 5) is 12.7. The standard InChI is InChI=1S/C14H22N2O3S/c1-8(2)11(17)13-10(15)12(18-3)14(20-13)16-7-9-5-4-6-19-9/h8-9,16H,4-7,15H2,1-3H3. The van der Waals surface area contributed by atoms with Crippen LogP contribution in [0, 0.1) is 5.92 Å². The number of rotatable bonds is 6. The SMILES string of the molecule is COc1c(NCC2CCCO2)sc(C(=O)C(C)C)c1N. The van der Waals surface area contributed by atoms with E-state index in [1.54, 1.807) is 7.11 Å². The quantitative estimate of drug-likeness (QED) is 0.790. The second kappa shape index (κ2) is 6.45. The molecule has 1 aromatic heterocycles. The number of nitrogens with one attached hydrogen (secondary N) is 1. The topological polar surface area (TPSA) is 73.6 Å². The second-order valence-corrected chi connectivity index (χ2v) is 6.26. The number of ether oxygens (including phenoxy) is 2. The van der Waals surface area contributed by atoms with Crippen molar-refractivity contribution in [2.45, 2.75) is 32.8 Å². The van der Waals surface area contributed by atoms with Crippen molar-refractivity contribution < 1.29 is 14.3 Å². The lowest BCUT2D eigenvalue weighted by molar-refractivity contribution is 0.0944. The Morgan fingerprint density at radius 2 is 2.35 bits per heavy atom. The Balaban J connectivity index is 2.14. The number of methoxy groups -OCH3 is 1. The van der Waals surface area contributed by atoms with Gasteiger partial charge in [-0.3, -0.25) is 4.79 Å². The van der Waals surface area contributed by atoms with E-state index < -0.39 is 0 Å². The van der Waals surface area contributed by atoms with Gasteiger partial charge in [0.25, 0.3) is 0 Å². The average Bonchev–Trinajstić information content (AvgIpc) is 3.03. The highest BCUT2D eigenvalue weighted by molar-refractivity contribution is 7.19. The molecule has 2 heterocycles. The van der Waals surface area contributed by atoms with Crippen LogP contribution in [0.4, 0.5) is 10.7 Å². The Kier molecular flexibility index (Phi) is 4.88. The summed E-state index contributed by atoms with van der Waals surface area (Å²) < 4.78 is 10.9. The summed E-state index contributed by atoms with van der Waals surface area (Å²) in [6.07, 6.45) is 2.40. The van der Waals surface area contributed by atoms with Crippen molar-refractivity contribution >= 4 is 27.8 Å². The first-order valence-corrected chi connectivity index (χ1v) is 7.72. The van der Waals surface area contributed by atoms with Crippen molar-refractivity contribution in [1.82, 2.24) is 0 Å². The van der Waals surface area contributed by atoms with Gasteiger partial charge in [0.05, 0.1) is 23.8 Å². The van der Waals surface area contributed by atoms with E-state index in [0.717, 1.165) is 24.4 Å². The minimum absolute atomic E-state index is 0.0518. The highest BCUT2D eigenvalue weighted by Gasteiger charge is 2.24. The predicted octanol–water partition coefficient (Wildman–Crippen LogP) is 2.77. The molecule has 0 aliphatic carbocycles. The summed E-state index contributed by atoms with van der Waals surface area (Å²) >= 11 is 1.36. The van der Waals surface area contributed by atoms with Gasteiger partial charge in [0.2, 0.25) is 0 Å². The molecule has 0 spiro atoms. The molecule has 20 heavy (non-hydrogen) atoms. The normalized spacial score (nSPS) is 18.5. The molecule has 0 bridgehead atoms. The molecule has 6 heteroatoms. The predicted molar refractivity (Wildman–Crippen MR) is 81.9 cm³/mol. The number of hydrogen-bond acceptors (Lipinski definition) is 6. The number of hydrogen-bond donors (Lipinski definition) is 2. The molecule has 1 aliphatic heterocycles. The summed E-state index contributed by atoms with van der Waals surface area (Å²) in [5.74, 6) is 0.541. The monoisotopic (exact) mass is 298 g/mol. The maximum Gasteiger partial charge on any atom is 0.177 e.